The zero-order chi connectivity index (χ0) is 17.5. The number of aromatic nitrogens is 2. The predicted molar refractivity (Wildman–Crippen MR) is 86.6 cm³/mol. The van der Waals surface area contributed by atoms with E-state index in [-0.39, 0.29) is 24.1 Å². The molecule has 0 N–H and O–H groups in total. The van der Waals surface area contributed by atoms with Crippen molar-refractivity contribution in [3.8, 4) is 0 Å². The third-order valence-electron chi connectivity index (χ3n) is 4.47. The van der Waals surface area contributed by atoms with Gasteiger partial charge in [0.05, 0.1) is 31.4 Å². The van der Waals surface area contributed by atoms with Crippen LogP contribution in [0, 0.1) is 0 Å². The summed E-state index contributed by atoms with van der Waals surface area (Å²) in [4.78, 5) is 30.9. The van der Waals surface area contributed by atoms with E-state index in [9.17, 15) is 9.59 Å². The molecular weight excluding hydrogens is 310 g/mol. The maximum atomic E-state index is 12.6. The Morgan fingerprint density at radius 3 is 2.67 bits per heavy atom. The highest BCUT2D eigenvalue weighted by Gasteiger charge is 2.44. The minimum atomic E-state index is -0.534. The van der Waals surface area contributed by atoms with Crippen LogP contribution in [0.25, 0.3) is 0 Å². The average Bonchev–Trinajstić information content (AvgIpc) is 3.10. The number of hydrogen-bond acceptors (Lipinski definition) is 5. The molecular formula is C17H25N3O4. The van der Waals surface area contributed by atoms with E-state index in [1.165, 1.54) is 0 Å². The second-order valence-electron chi connectivity index (χ2n) is 7.32. The van der Waals surface area contributed by atoms with Gasteiger partial charge in [-0.1, -0.05) is 0 Å². The monoisotopic (exact) mass is 335 g/mol. The van der Waals surface area contributed by atoms with Gasteiger partial charge >= 0.3 is 12.1 Å². The van der Waals surface area contributed by atoms with E-state index in [0.29, 0.717) is 24.7 Å². The normalized spacial score (nSPS) is 22.8. The summed E-state index contributed by atoms with van der Waals surface area (Å²) in [6.45, 7) is 8.06. The number of imidazole rings is 1. The highest BCUT2D eigenvalue weighted by molar-refractivity contribution is 5.87. The van der Waals surface area contributed by atoms with E-state index in [1.54, 1.807) is 18.0 Å². The van der Waals surface area contributed by atoms with Gasteiger partial charge < -0.3 is 14.0 Å². The lowest BCUT2D eigenvalue weighted by Crippen LogP contribution is -2.49. The van der Waals surface area contributed by atoms with E-state index >= 15 is 0 Å². The number of esters is 1. The highest BCUT2D eigenvalue weighted by atomic mass is 16.6. The second-order valence-corrected chi connectivity index (χ2v) is 7.32. The van der Waals surface area contributed by atoms with E-state index < -0.39 is 5.60 Å². The summed E-state index contributed by atoms with van der Waals surface area (Å²) in [5.41, 5.74) is -0.0543. The van der Waals surface area contributed by atoms with Crippen LogP contribution in [0.1, 0.15) is 69.3 Å². The SMILES string of the molecule is CCOC(=O)c1cnc2n1[C@@H]1CCC[C@@H]1N(C(=O)OC(C)(C)C)C2. The summed E-state index contributed by atoms with van der Waals surface area (Å²) < 4.78 is 12.7. The maximum absolute atomic E-state index is 12.6. The molecule has 1 saturated carbocycles. The molecule has 7 nitrogen and oxygen atoms in total. The van der Waals surface area contributed by atoms with Gasteiger partial charge in [0.25, 0.3) is 0 Å². The lowest BCUT2D eigenvalue weighted by molar-refractivity contribution is 0.00393. The van der Waals surface area contributed by atoms with Crippen LogP contribution in [0.5, 0.6) is 0 Å². The number of ether oxygens (including phenoxy) is 2. The van der Waals surface area contributed by atoms with Gasteiger partial charge in [-0.25, -0.2) is 14.6 Å². The van der Waals surface area contributed by atoms with Crippen molar-refractivity contribution in [2.45, 2.75) is 71.2 Å². The standard InChI is InChI=1S/C17H25N3O4/c1-5-23-15(21)13-9-18-14-10-19(16(22)24-17(2,3)4)11-7-6-8-12(11)20(13)14/h9,11-12H,5-8,10H2,1-4H3/t11-,12+/m0/s1. The van der Waals surface area contributed by atoms with Gasteiger partial charge in [0.2, 0.25) is 0 Å². The van der Waals surface area contributed by atoms with E-state index in [2.05, 4.69) is 4.98 Å². The molecule has 0 bridgehead atoms. The number of carbonyl (C=O) groups is 2. The molecule has 2 atom stereocenters. The number of fused-ring (bicyclic) bond motifs is 3. The zero-order valence-corrected chi connectivity index (χ0v) is 14.7. The zero-order valence-electron chi connectivity index (χ0n) is 14.7. The van der Waals surface area contributed by atoms with Crippen LogP contribution in [-0.2, 0) is 16.0 Å². The molecule has 0 unspecified atom stereocenters. The molecule has 1 aliphatic heterocycles. The Kier molecular flexibility index (Phi) is 4.27. The van der Waals surface area contributed by atoms with Gasteiger partial charge in [0.1, 0.15) is 17.1 Å². The largest absolute Gasteiger partial charge is 0.461 e. The van der Waals surface area contributed by atoms with Gasteiger partial charge in [-0.2, -0.15) is 0 Å². The Labute approximate surface area is 141 Å². The number of carbonyl (C=O) groups excluding carboxylic acids is 2. The molecule has 132 valence electrons. The van der Waals surface area contributed by atoms with Crippen molar-refractivity contribution in [3.05, 3.63) is 17.7 Å². The Balaban J connectivity index is 1.90. The smallest absolute Gasteiger partial charge is 0.411 e. The number of hydrogen-bond donors (Lipinski definition) is 0. The summed E-state index contributed by atoms with van der Waals surface area (Å²) in [6.07, 6.45) is 4.07. The van der Waals surface area contributed by atoms with Crippen molar-refractivity contribution in [2.24, 2.45) is 0 Å². The number of nitrogens with zero attached hydrogens (tertiary/aromatic N) is 3. The Bertz CT molecular complexity index is 647. The summed E-state index contributed by atoms with van der Waals surface area (Å²) >= 11 is 0. The minimum absolute atomic E-state index is 0.0368. The van der Waals surface area contributed by atoms with E-state index in [4.69, 9.17) is 9.47 Å². The molecule has 0 aromatic carbocycles. The first-order chi connectivity index (χ1) is 11.3. The van der Waals surface area contributed by atoms with Crippen LogP contribution in [0.15, 0.2) is 6.20 Å². The van der Waals surface area contributed by atoms with Crippen molar-refractivity contribution in [1.29, 1.82) is 0 Å². The minimum Gasteiger partial charge on any atom is -0.461 e. The lowest BCUT2D eigenvalue weighted by Gasteiger charge is -2.39. The van der Waals surface area contributed by atoms with Crippen LogP contribution in [0.3, 0.4) is 0 Å². The Morgan fingerprint density at radius 1 is 1.29 bits per heavy atom. The molecule has 1 aromatic heterocycles. The summed E-state index contributed by atoms with van der Waals surface area (Å²) in [5, 5.41) is 0. The molecule has 1 fully saturated rings. The molecule has 0 saturated heterocycles. The van der Waals surface area contributed by atoms with Gasteiger partial charge in [0.15, 0.2) is 0 Å². The van der Waals surface area contributed by atoms with Crippen molar-refractivity contribution in [3.63, 3.8) is 0 Å². The van der Waals surface area contributed by atoms with Crippen molar-refractivity contribution in [2.75, 3.05) is 6.61 Å². The first kappa shape index (κ1) is 16.8. The third kappa shape index (κ3) is 2.99. The fraction of sp³-hybridized carbons (Fsp3) is 0.706. The number of rotatable bonds is 2. The first-order valence-corrected chi connectivity index (χ1v) is 8.54. The molecule has 24 heavy (non-hydrogen) atoms. The molecule has 0 radical (unpaired) electrons. The molecule has 1 amide bonds. The molecule has 1 aromatic rings. The van der Waals surface area contributed by atoms with Crippen molar-refractivity contribution >= 4 is 12.1 Å². The van der Waals surface area contributed by atoms with E-state index in [1.807, 2.05) is 25.3 Å². The van der Waals surface area contributed by atoms with Gasteiger partial charge in [-0.15, -0.1) is 0 Å². The Hall–Kier alpha value is -2.05. The third-order valence-corrected chi connectivity index (χ3v) is 4.47. The Morgan fingerprint density at radius 2 is 2.00 bits per heavy atom. The van der Waals surface area contributed by atoms with Crippen molar-refractivity contribution < 1.29 is 19.1 Å². The van der Waals surface area contributed by atoms with Crippen LogP contribution in [0.4, 0.5) is 4.79 Å². The lowest BCUT2D eigenvalue weighted by atomic mass is 10.1. The van der Waals surface area contributed by atoms with Crippen LogP contribution >= 0.6 is 0 Å². The van der Waals surface area contributed by atoms with Crippen LogP contribution < -0.4 is 0 Å². The van der Waals surface area contributed by atoms with Gasteiger partial charge in [0, 0.05) is 0 Å². The second kappa shape index (κ2) is 6.11. The summed E-state index contributed by atoms with van der Waals surface area (Å²) in [5.74, 6) is 0.361. The summed E-state index contributed by atoms with van der Waals surface area (Å²) in [7, 11) is 0. The average molecular weight is 335 g/mol. The number of amides is 1. The predicted octanol–water partition coefficient (Wildman–Crippen LogP) is 2.90. The van der Waals surface area contributed by atoms with Crippen LogP contribution in [0.2, 0.25) is 0 Å². The molecule has 0 spiro atoms. The quantitative estimate of drug-likeness (QED) is 0.777. The van der Waals surface area contributed by atoms with Gasteiger partial charge in [-0.05, 0) is 47.0 Å². The fourth-order valence-corrected chi connectivity index (χ4v) is 3.62. The van der Waals surface area contributed by atoms with Crippen LogP contribution in [-0.4, -0.2) is 44.8 Å². The molecule has 2 aliphatic rings. The van der Waals surface area contributed by atoms with Crippen molar-refractivity contribution in [1.82, 2.24) is 14.5 Å². The molecule has 7 heteroatoms. The molecule has 3 rings (SSSR count). The topological polar surface area (TPSA) is 73.7 Å². The first-order valence-electron chi connectivity index (χ1n) is 8.54. The fourth-order valence-electron chi connectivity index (χ4n) is 3.62. The maximum Gasteiger partial charge on any atom is 0.411 e. The van der Waals surface area contributed by atoms with Gasteiger partial charge in [-0.3, -0.25) is 4.90 Å². The molecule has 1 aliphatic carbocycles. The van der Waals surface area contributed by atoms with E-state index in [0.717, 1.165) is 19.3 Å². The molecule has 2 heterocycles. The summed E-state index contributed by atoms with van der Waals surface area (Å²) in [6, 6.07) is 0.0953. The highest BCUT2D eigenvalue weighted by Crippen LogP contribution is 2.40.